The zero-order chi connectivity index (χ0) is 19.7. The van der Waals surface area contributed by atoms with E-state index in [-0.39, 0.29) is 11.7 Å². The molecule has 2 aromatic carbocycles. The van der Waals surface area contributed by atoms with Crippen LogP contribution in [0.15, 0.2) is 60.2 Å². The van der Waals surface area contributed by atoms with Gasteiger partial charge in [-0.3, -0.25) is 14.9 Å². The van der Waals surface area contributed by atoms with Crippen LogP contribution in [0, 0.1) is 5.82 Å². The summed E-state index contributed by atoms with van der Waals surface area (Å²) in [5.74, 6) is -1.20. The molecule has 0 bridgehead atoms. The third kappa shape index (κ3) is 3.49. The van der Waals surface area contributed by atoms with Gasteiger partial charge in [0.2, 0.25) is 5.91 Å². The van der Waals surface area contributed by atoms with Crippen molar-refractivity contribution in [1.29, 1.82) is 0 Å². The molecule has 8 heteroatoms. The summed E-state index contributed by atoms with van der Waals surface area (Å²) in [4.78, 5) is 28.0. The number of aromatic nitrogens is 2. The highest BCUT2D eigenvalue weighted by Crippen LogP contribution is 2.25. The Balaban J connectivity index is 1.70. The number of primary amides is 1. The zero-order valence-electron chi connectivity index (χ0n) is 14.6. The number of amides is 2. The van der Waals surface area contributed by atoms with Crippen LogP contribution in [0.5, 0.6) is 0 Å². The van der Waals surface area contributed by atoms with Crippen LogP contribution in [0.2, 0.25) is 0 Å². The second-order valence-corrected chi connectivity index (χ2v) is 7.08. The molecule has 0 fully saturated rings. The SMILES string of the molecule is NC(=O)c1ccc(Cn2cc(C(=O)Nc3nccs3)c3ccc(F)cc32)cc1. The Morgan fingerprint density at radius 3 is 2.64 bits per heavy atom. The lowest BCUT2D eigenvalue weighted by Crippen LogP contribution is -2.11. The zero-order valence-corrected chi connectivity index (χ0v) is 15.4. The molecule has 3 N–H and O–H groups in total. The Kier molecular flexibility index (Phi) is 4.62. The first kappa shape index (κ1) is 17.9. The molecular weight excluding hydrogens is 379 g/mol. The van der Waals surface area contributed by atoms with Crippen LogP contribution in [-0.4, -0.2) is 21.4 Å². The molecule has 0 saturated heterocycles. The number of carbonyl (C=O) groups is 2. The predicted octanol–water partition coefficient (Wildman–Crippen LogP) is 3.64. The fraction of sp³-hybridized carbons (Fsp3) is 0.0500. The summed E-state index contributed by atoms with van der Waals surface area (Å²) >= 11 is 1.32. The molecule has 0 unspecified atom stereocenters. The fourth-order valence-corrected chi connectivity index (χ4v) is 3.52. The van der Waals surface area contributed by atoms with Crippen LogP contribution in [0.1, 0.15) is 26.3 Å². The Morgan fingerprint density at radius 1 is 1.18 bits per heavy atom. The summed E-state index contributed by atoms with van der Waals surface area (Å²) in [6, 6.07) is 11.1. The molecule has 0 aliphatic rings. The number of halogens is 1. The summed E-state index contributed by atoms with van der Waals surface area (Å²) in [7, 11) is 0. The van der Waals surface area contributed by atoms with E-state index in [1.807, 2.05) is 0 Å². The van der Waals surface area contributed by atoms with Crippen molar-refractivity contribution >= 4 is 39.2 Å². The average Bonchev–Trinajstić information content (AvgIpc) is 3.30. The number of nitrogens with two attached hydrogens (primary N) is 1. The van der Waals surface area contributed by atoms with Gasteiger partial charge in [-0.2, -0.15) is 0 Å². The van der Waals surface area contributed by atoms with E-state index in [0.717, 1.165) is 5.56 Å². The van der Waals surface area contributed by atoms with Crippen LogP contribution in [0.4, 0.5) is 9.52 Å². The van der Waals surface area contributed by atoms with Gasteiger partial charge in [0.05, 0.1) is 11.1 Å². The quantitative estimate of drug-likeness (QED) is 0.542. The molecule has 28 heavy (non-hydrogen) atoms. The van der Waals surface area contributed by atoms with Gasteiger partial charge in [-0.1, -0.05) is 12.1 Å². The summed E-state index contributed by atoms with van der Waals surface area (Å²) < 4.78 is 15.6. The second-order valence-electron chi connectivity index (χ2n) is 6.18. The van der Waals surface area contributed by atoms with Crippen LogP contribution >= 0.6 is 11.3 Å². The molecular formula is C20H15FN4O2S. The normalized spacial score (nSPS) is 10.9. The van der Waals surface area contributed by atoms with Gasteiger partial charge in [0.1, 0.15) is 5.82 Å². The van der Waals surface area contributed by atoms with Gasteiger partial charge in [-0.05, 0) is 35.9 Å². The Bertz CT molecular complexity index is 1170. The third-order valence-electron chi connectivity index (χ3n) is 4.33. The van der Waals surface area contributed by atoms with Gasteiger partial charge in [0.25, 0.3) is 5.91 Å². The lowest BCUT2D eigenvalue weighted by atomic mass is 10.1. The number of thiazole rings is 1. The molecule has 4 aromatic rings. The van der Waals surface area contributed by atoms with E-state index in [1.165, 1.54) is 23.5 Å². The molecule has 0 radical (unpaired) electrons. The first-order valence-corrected chi connectivity index (χ1v) is 9.27. The molecule has 6 nitrogen and oxygen atoms in total. The molecule has 0 atom stereocenters. The van der Waals surface area contributed by atoms with Crippen molar-refractivity contribution in [2.24, 2.45) is 5.73 Å². The molecule has 140 valence electrons. The Morgan fingerprint density at radius 2 is 1.96 bits per heavy atom. The highest BCUT2D eigenvalue weighted by Gasteiger charge is 2.17. The van der Waals surface area contributed by atoms with E-state index >= 15 is 0 Å². The molecule has 2 aromatic heterocycles. The van der Waals surface area contributed by atoms with Crippen LogP contribution < -0.4 is 11.1 Å². The van der Waals surface area contributed by atoms with Gasteiger partial charge in [-0.15, -0.1) is 11.3 Å². The van der Waals surface area contributed by atoms with Crippen LogP contribution in [0.3, 0.4) is 0 Å². The van der Waals surface area contributed by atoms with Crippen molar-refractivity contribution in [3.8, 4) is 0 Å². The second kappa shape index (κ2) is 7.24. The van der Waals surface area contributed by atoms with E-state index in [4.69, 9.17) is 5.73 Å². The minimum Gasteiger partial charge on any atom is -0.366 e. The maximum absolute atomic E-state index is 13.8. The summed E-state index contributed by atoms with van der Waals surface area (Å²) in [5.41, 5.74) is 7.59. The molecule has 0 saturated carbocycles. The first-order chi connectivity index (χ1) is 13.5. The van der Waals surface area contributed by atoms with Gasteiger partial charge >= 0.3 is 0 Å². The van der Waals surface area contributed by atoms with Gasteiger partial charge in [-0.25, -0.2) is 9.37 Å². The van der Waals surface area contributed by atoms with Crippen molar-refractivity contribution in [3.05, 3.63) is 82.7 Å². The van der Waals surface area contributed by atoms with E-state index in [0.29, 0.717) is 33.7 Å². The molecule has 0 aliphatic carbocycles. The minimum atomic E-state index is -0.499. The maximum atomic E-state index is 13.8. The summed E-state index contributed by atoms with van der Waals surface area (Å²) in [6.07, 6.45) is 3.30. The highest BCUT2D eigenvalue weighted by molar-refractivity contribution is 7.13. The third-order valence-corrected chi connectivity index (χ3v) is 5.02. The van der Waals surface area contributed by atoms with Crippen molar-refractivity contribution in [1.82, 2.24) is 9.55 Å². The lowest BCUT2D eigenvalue weighted by Gasteiger charge is -2.06. The molecule has 2 amide bonds. The van der Waals surface area contributed by atoms with Crippen molar-refractivity contribution in [2.45, 2.75) is 6.54 Å². The van der Waals surface area contributed by atoms with E-state index in [2.05, 4.69) is 10.3 Å². The predicted molar refractivity (Wildman–Crippen MR) is 106 cm³/mol. The van der Waals surface area contributed by atoms with E-state index in [1.54, 1.807) is 52.7 Å². The van der Waals surface area contributed by atoms with E-state index < -0.39 is 5.91 Å². The largest absolute Gasteiger partial charge is 0.366 e. The van der Waals surface area contributed by atoms with Crippen molar-refractivity contribution < 1.29 is 14.0 Å². The molecule has 0 spiro atoms. The van der Waals surface area contributed by atoms with Gasteiger partial charge in [0, 0.05) is 35.3 Å². The maximum Gasteiger partial charge on any atom is 0.259 e. The number of fused-ring (bicyclic) bond motifs is 1. The van der Waals surface area contributed by atoms with Crippen LogP contribution in [-0.2, 0) is 6.54 Å². The lowest BCUT2D eigenvalue weighted by molar-refractivity contribution is 0.0997. The monoisotopic (exact) mass is 394 g/mol. The number of rotatable bonds is 5. The molecule has 2 heterocycles. The average molecular weight is 394 g/mol. The number of nitrogens with zero attached hydrogens (tertiary/aromatic N) is 2. The molecule has 0 aliphatic heterocycles. The van der Waals surface area contributed by atoms with Crippen molar-refractivity contribution in [2.75, 3.05) is 5.32 Å². The highest BCUT2D eigenvalue weighted by atomic mass is 32.1. The first-order valence-electron chi connectivity index (χ1n) is 8.39. The van der Waals surface area contributed by atoms with Crippen LogP contribution in [0.25, 0.3) is 10.9 Å². The smallest absolute Gasteiger partial charge is 0.259 e. The topological polar surface area (TPSA) is 90.0 Å². The number of hydrogen-bond donors (Lipinski definition) is 2. The Hall–Kier alpha value is -3.52. The number of anilines is 1. The number of hydrogen-bond acceptors (Lipinski definition) is 4. The van der Waals surface area contributed by atoms with Gasteiger partial charge in [0.15, 0.2) is 5.13 Å². The number of nitrogens with one attached hydrogen (secondary N) is 1. The summed E-state index contributed by atoms with van der Waals surface area (Å²) in [5, 5.41) is 5.66. The van der Waals surface area contributed by atoms with Crippen molar-refractivity contribution in [3.63, 3.8) is 0 Å². The minimum absolute atomic E-state index is 0.311. The molecule has 4 rings (SSSR count). The number of carbonyl (C=O) groups excluding carboxylic acids is 2. The number of benzene rings is 2. The standard InChI is InChI=1S/C20H15FN4O2S/c21-14-5-6-15-16(19(27)24-20-23-7-8-28-20)11-25(17(15)9-14)10-12-1-3-13(4-2-12)18(22)26/h1-9,11H,10H2,(H2,22,26)(H,23,24,27). The van der Waals surface area contributed by atoms with E-state index in [9.17, 15) is 14.0 Å². The summed E-state index contributed by atoms with van der Waals surface area (Å²) in [6.45, 7) is 0.406. The fourth-order valence-electron chi connectivity index (χ4n) is 3.00. The van der Waals surface area contributed by atoms with Gasteiger partial charge < -0.3 is 10.3 Å². The Labute approximate surface area is 163 Å².